The molecule has 0 amide bonds. The predicted molar refractivity (Wildman–Crippen MR) is 69.0 cm³/mol. The first kappa shape index (κ1) is 9.93. The highest BCUT2D eigenvalue weighted by atomic mass is 28.1. The van der Waals surface area contributed by atoms with Crippen molar-refractivity contribution in [2.24, 2.45) is 0 Å². The summed E-state index contributed by atoms with van der Waals surface area (Å²) in [5.41, 5.74) is 2.55. The molecular formula is C14H12Si. The van der Waals surface area contributed by atoms with E-state index in [2.05, 4.69) is 54.7 Å². The lowest BCUT2D eigenvalue weighted by Crippen LogP contribution is -2.04. The molecule has 2 rings (SSSR count). The molecule has 0 aromatic heterocycles. The van der Waals surface area contributed by atoms with Gasteiger partial charge in [0.05, 0.1) is 0 Å². The molecule has 0 N–H and O–H groups in total. The van der Waals surface area contributed by atoms with E-state index in [1.807, 2.05) is 12.1 Å². The second-order valence-corrected chi connectivity index (χ2v) is 4.14. The molecule has 2 aromatic carbocycles. The Morgan fingerprint density at radius 3 is 1.47 bits per heavy atom. The van der Waals surface area contributed by atoms with Crippen LogP contribution in [0.15, 0.2) is 60.7 Å². The van der Waals surface area contributed by atoms with Gasteiger partial charge < -0.3 is 0 Å². The van der Waals surface area contributed by atoms with Gasteiger partial charge in [0.1, 0.15) is 0 Å². The third kappa shape index (κ3) is 2.25. The van der Waals surface area contributed by atoms with E-state index in [0.717, 1.165) is 0 Å². The molecule has 2 aromatic rings. The molecule has 0 heterocycles. The Labute approximate surface area is 92.3 Å². The lowest BCUT2D eigenvalue weighted by atomic mass is 10.1. The van der Waals surface area contributed by atoms with Crippen molar-refractivity contribution >= 4 is 20.1 Å². The van der Waals surface area contributed by atoms with Crippen molar-refractivity contribution in [2.45, 2.75) is 0 Å². The van der Waals surface area contributed by atoms with E-state index in [1.165, 1.54) is 16.3 Å². The van der Waals surface area contributed by atoms with Gasteiger partial charge in [0.2, 0.25) is 0 Å². The minimum atomic E-state index is 0.570. The highest BCUT2D eigenvalue weighted by molar-refractivity contribution is 6.63. The molecule has 72 valence electrons. The summed E-state index contributed by atoms with van der Waals surface area (Å²) in [5.74, 6) is 0. The molecule has 15 heavy (non-hydrogen) atoms. The van der Waals surface area contributed by atoms with Crippen LogP contribution < -0.4 is 0 Å². The van der Waals surface area contributed by atoms with Crippen molar-refractivity contribution in [3.8, 4) is 0 Å². The molecule has 0 saturated heterocycles. The van der Waals surface area contributed by atoms with Crippen LogP contribution in [0.1, 0.15) is 11.1 Å². The smallest absolute Gasteiger partial charge is 0.00295 e. The lowest BCUT2D eigenvalue weighted by Gasteiger charge is -2.05. The molecule has 0 saturated carbocycles. The van der Waals surface area contributed by atoms with Gasteiger partial charge in [-0.05, 0) is 19.9 Å². The van der Waals surface area contributed by atoms with Crippen LogP contribution in [0.4, 0.5) is 0 Å². The van der Waals surface area contributed by atoms with E-state index in [9.17, 15) is 0 Å². The second kappa shape index (κ2) is 4.76. The summed E-state index contributed by atoms with van der Waals surface area (Å²) in [6.45, 7) is 0. The molecule has 0 radical (unpaired) electrons. The van der Waals surface area contributed by atoms with Gasteiger partial charge in [-0.2, -0.15) is 0 Å². The van der Waals surface area contributed by atoms with E-state index >= 15 is 0 Å². The molecule has 1 heteroatoms. The zero-order valence-electron chi connectivity index (χ0n) is 8.48. The first-order chi connectivity index (χ1) is 7.42. The lowest BCUT2D eigenvalue weighted by molar-refractivity contribution is 1.62. The fourth-order valence-electron chi connectivity index (χ4n) is 1.58. The first-order valence-corrected chi connectivity index (χ1v) is 6.13. The highest BCUT2D eigenvalue weighted by Crippen LogP contribution is 2.07. The molecule has 0 aliphatic carbocycles. The van der Waals surface area contributed by atoms with E-state index in [1.54, 1.807) is 0 Å². The summed E-state index contributed by atoms with van der Waals surface area (Å²) in [4.78, 5) is 0. The Kier molecular flexibility index (Phi) is 3.15. The van der Waals surface area contributed by atoms with E-state index in [0.29, 0.717) is 8.74 Å². The Bertz CT molecular complexity index is 438. The van der Waals surface area contributed by atoms with E-state index < -0.39 is 0 Å². The van der Waals surface area contributed by atoms with Crippen LogP contribution in [0.25, 0.3) is 0 Å². The number of hydrogen-bond donors (Lipinski definition) is 0. The minimum absolute atomic E-state index is 0.570. The fraction of sp³-hybridized carbons (Fsp3) is 0. The largest absolute Gasteiger partial charge is 0.0836 e. The average molecular weight is 208 g/mol. The van der Waals surface area contributed by atoms with Crippen LogP contribution in [0.5, 0.6) is 0 Å². The summed E-state index contributed by atoms with van der Waals surface area (Å²) in [6, 6.07) is 20.9. The molecule has 0 nitrogen and oxygen atoms in total. The summed E-state index contributed by atoms with van der Waals surface area (Å²) >= 11 is 0. The van der Waals surface area contributed by atoms with E-state index in [4.69, 9.17) is 0 Å². The molecule has 0 atom stereocenters. The quantitative estimate of drug-likeness (QED) is 0.665. The maximum absolute atomic E-state index is 4.03. The van der Waals surface area contributed by atoms with E-state index in [-0.39, 0.29) is 0 Å². The summed E-state index contributed by atoms with van der Waals surface area (Å²) < 4.78 is 0. The molecule has 0 spiro atoms. The van der Waals surface area contributed by atoms with Crippen molar-refractivity contribution in [3.63, 3.8) is 0 Å². The van der Waals surface area contributed by atoms with Gasteiger partial charge in [0.15, 0.2) is 0 Å². The van der Waals surface area contributed by atoms with Gasteiger partial charge in [-0.25, -0.2) is 0 Å². The van der Waals surface area contributed by atoms with Crippen LogP contribution in [0.3, 0.4) is 0 Å². The number of hydrogen-bond acceptors (Lipinski definition) is 0. The van der Waals surface area contributed by atoms with Gasteiger partial charge in [-0.3, -0.25) is 0 Å². The molecule has 0 aliphatic heterocycles. The van der Waals surface area contributed by atoms with Crippen LogP contribution in [-0.2, 0) is 0 Å². The monoisotopic (exact) mass is 208 g/mol. The van der Waals surface area contributed by atoms with Crippen molar-refractivity contribution in [3.05, 3.63) is 71.8 Å². The number of benzene rings is 2. The van der Waals surface area contributed by atoms with Crippen LogP contribution in [0, 0.1) is 0 Å². The van der Waals surface area contributed by atoms with Crippen LogP contribution in [-0.4, -0.2) is 20.1 Å². The van der Waals surface area contributed by atoms with Crippen LogP contribution >= 0.6 is 0 Å². The summed E-state index contributed by atoms with van der Waals surface area (Å²) in [6.07, 6.45) is 4.03. The molecule has 0 unspecified atom stereocenters. The molecular weight excluding hydrogens is 196 g/mol. The minimum Gasteiger partial charge on any atom is -0.0836 e. The average Bonchev–Trinajstić information content (AvgIpc) is 2.33. The fourth-order valence-corrected chi connectivity index (χ4v) is 2.32. The second-order valence-electron chi connectivity index (χ2n) is 3.28. The number of rotatable bonds is 2. The van der Waals surface area contributed by atoms with Gasteiger partial charge in [-0.1, -0.05) is 66.8 Å². The Balaban J connectivity index is 2.48. The maximum Gasteiger partial charge on any atom is 0.00295 e. The molecule has 0 aliphatic rings. The normalized spacial score (nSPS) is 9.33. The van der Waals surface area contributed by atoms with Crippen molar-refractivity contribution in [1.82, 2.24) is 0 Å². The predicted octanol–water partition coefficient (Wildman–Crippen LogP) is 2.39. The van der Waals surface area contributed by atoms with Gasteiger partial charge in [-0.15, -0.1) is 0 Å². The van der Waals surface area contributed by atoms with Crippen molar-refractivity contribution < 1.29 is 0 Å². The van der Waals surface area contributed by atoms with Gasteiger partial charge in [0, 0.05) is 5.17 Å². The summed E-state index contributed by atoms with van der Waals surface area (Å²) in [7, 11) is 0.570. The third-order valence-corrected chi connectivity index (χ3v) is 3.23. The highest BCUT2D eigenvalue weighted by Gasteiger charge is 2.00. The maximum atomic E-state index is 4.03. The molecule has 0 fully saturated rings. The summed E-state index contributed by atoms with van der Waals surface area (Å²) in [5, 5.41) is 1.33. The topological polar surface area (TPSA) is 0 Å². The van der Waals surface area contributed by atoms with Crippen molar-refractivity contribution in [1.29, 1.82) is 0 Å². The Morgan fingerprint density at radius 2 is 1.13 bits per heavy atom. The first-order valence-electron chi connectivity index (χ1n) is 4.92. The van der Waals surface area contributed by atoms with Gasteiger partial charge in [0.25, 0.3) is 0 Å². The standard InChI is InChI=1S/C14H12Si/c1-15-14(12-8-4-2-5-9-12)13-10-6-3-7-11-13/h2-11H,1H2. The Morgan fingerprint density at radius 1 is 0.733 bits per heavy atom. The third-order valence-electron chi connectivity index (χ3n) is 2.30. The van der Waals surface area contributed by atoms with Crippen LogP contribution in [0.2, 0.25) is 0 Å². The zero-order valence-corrected chi connectivity index (χ0v) is 9.48. The zero-order chi connectivity index (χ0) is 10.5. The molecule has 0 bridgehead atoms. The van der Waals surface area contributed by atoms with Gasteiger partial charge >= 0.3 is 0 Å². The SMILES string of the molecule is C=[Si]=C(c1ccccc1)c1ccccc1. The Hall–Kier alpha value is -1.60. The van der Waals surface area contributed by atoms with Crippen molar-refractivity contribution in [2.75, 3.05) is 0 Å².